The van der Waals surface area contributed by atoms with Gasteiger partial charge in [-0.25, -0.2) is 4.79 Å². The first-order valence-electron chi connectivity index (χ1n) is 13.8. The van der Waals surface area contributed by atoms with Gasteiger partial charge in [-0.05, 0) is 58.6 Å². The van der Waals surface area contributed by atoms with Crippen LogP contribution in [0.2, 0.25) is 0 Å². The average Bonchev–Trinajstić information content (AvgIpc) is 3.00. The van der Waals surface area contributed by atoms with E-state index in [-0.39, 0.29) is 18.2 Å². The second-order valence-electron chi connectivity index (χ2n) is 10.4. The molecule has 40 heavy (non-hydrogen) atoms. The summed E-state index contributed by atoms with van der Waals surface area (Å²) < 4.78 is 5.05. The van der Waals surface area contributed by atoms with Gasteiger partial charge in [-0.1, -0.05) is 84.9 Å². The Morgan fingerprint density at radius 2 is 1.27 bits per heavy atom. The van der Waals surface area contributed by atoms with Crippen molar-refractivity contribution in [2.75, 3.05) is 20.2 Å². The number of rotatable bonds is 9. The molecule has 5 rings (SSSR count). The molecule has 4 aromatic carbocycles. The minimum atomic E-state index is -0.895. The lowest BCUT2D eigenvalue weighted by atomic mass is 9.95. The van der Waals surface area contributed by atoms with E-state index in [1.807, 2.05) is 84.9 Å². The van der Waals surface area contributed by atoms with Gasteiger partial charge >= 0.3 is 5.97 Å². The number of ether oxygens (including phenoxy) is 1. The lowest BCUT2D eigenvalue weighted by molar-refractivity contribution is -0.145. The summed E-state index contributed by atoms with van der Waals surface area (Å²) in [6.07, 6.45) is 2.03. The Bertz CT molecular complexity index is 1510. The van der Waals surface area contributed by atoms with Crippen molar-refractivity contribution in [3.05, 3.63) is 96.1 Å². The van der Waals surface area contributed by atoms with Crippen LogP contribution in [0, 0.1) is 5.92 Å². The number of amides is 2. The quantitative estimate of drug-likeness (QED) is 0.281. The van der Waals surface area contributed by atoms with Gasteiger partial charge < -0.3 is 20.7 Å². The first kappa shape index (κ1) is 27.3. The van der Waals surface area contributed by atoms with Gasteiger partial charge in [0.15, 0.2) is 0 Å². The molecule has 0 saturated carbocycles. The van der Waals surface area contributed by atoms with Crippen LogP contribution in [-0.2, 0) is 32.0 Å². The summed E-state index contributed by atoms with van der Waals surface area (Å²) >= 11 is 0. The highest BCUT2D eigenvalue weighted by atomic mass is 16.5. The van der Waals surface area contributed by atoms with Crippen molar-refractivity contribution in [1.82, 2.24) is 16.0 Å². The number of benzene rings is 4. The molecule has 0 bridgehead atoms. The van der Waals surface area contributed by atoms with Crippen LogP contribution >= 0.6 is 0 Å². The molecular weight excluding hydrogens is 502 g/mol. The normalized spacial score (nSPS) is 15.3. The molecule has 4 aromatic rings. The molecular formula is C33H35N3O4. The van der Waals surface area contributed by atoms with Crippen molar-refractivity contribution in [1.29, 1.82) is 0 Å². The minimum Gasteiger partial charge on any atom is -0.467 e. The highest BCUT2D eigenvalue weighted by Gasteiger charge is 2.30. The van der Waals surface area contributed by atoms with E-state index >= 15 is 0 Å². The number of hydrogen-bond donors (Lipinski definition) is 3. The first-order chi connectivity index (χ1) is 19.5. The molecule has 1 aliphatic heterocycles. The van der Waals surface area contributed by atoms with Gasteiger partial charge in [0.25, 0.3) is 0 Å². The fraction of sp³-hybridized carbons (Fsp3) is 0.303. The summed E-state index contributed by atoms with van der Waals surface area (Å²) in [6, 6.07) is 26.3. The molecule has 0 spiro atoms. The van der Waals surface area contributed by atoms with Crippen LogP contribution in [-0.4, -0.2) is 50.1 Å². The van der Waals surface area contributed by atoms with Crippen molar-refractivity contribution < 1.29 is 19.1 Å². The Labute approximate surface area is 234 Å². The van der Waals surface area contributed by atoms with Crippen LogP contribution in [0.1, 0.15) is 24.0 Å². The zero-order valence-electron chi connectivity index (χ0n) is 22.7. The van der Waals surface area contributed by atoms with E-state index in [9.17, 15) is 14.4 Å². The molecule has 206 valence electrons. The van der Waals surface area contributed by atoms with Gasteiger partial charge in [0.2, 0.25) is 11.8 Å². The Morgan fingerprint density at radius 1 is 0.750 bits per heavy atom. The fourth-order valence-electron chi connectivity index (χ4n) is 5.39. The molecule has 1 saturated heterocycles. The molecule has 2 unspecified atom stereocenters. The number of methoxy groups -OCH3 is 1. The van der Waals surface area contributed by atoms with Gasteiger partial charge in [0, 0.05) is 18.8 Å². The summed E-state index contributed by atoms with van der Waals surface area (Å²) in [7, 11) is 1.31. The van der Waals surface area contributed by atoms with E-state index in [1.54, 1.807) is 0 Å². The first-order valence-corrected chi connectivity index (χ1v) is 13.8. The highest BCUT2D eigenvalue weighted by molar-refractivity contribution is 5.92. The molecule has 1 heterocycles. The lowest BCUT2D eigenvalue weighted by Crippen LogP contribution is -2.54. The monoisotopic (exact) mass is 537 g/mol. The average molecular weight is 538 g/mol. The summed E-state index contributed by atoms with van der Waals surface area (Å²) in [5.41, 5.74) is 1.83. The van der Waals surface area contributed by atoms with Crippen molar-refractivity contribution >= 4 is 39.3 Å². The van der Waals surface area contributed by atoms with E-state index < -0.39 is 24.0 Å². The van der Waals surface area contributed by atoms with Gasteiger partial charge in [-0.3, -0.25) is 9.59 Å². The van der Waals surface area contributed by atoms with E-state index in [0.717, 1.165) is 58.6 Å². The largest absolute Gasteiger partial charge is 0.467 e. The molecule has 0 radical (unpaired) electrons. The molecule has 1 fully saturated rings. The molecule has 2 amide bonds. The smallest absolute Gasteiger partial charge is 0.328 e. The van der Waals surface area contributed by atoms with Crippen LogP contribution in [0.4, 0.5) is 0 Å². The zero-order valence-corrected chi connectivity index (χ0v) is 22.7. The Hall–Kier alpha value is -4.23. The summed E-state index contributed by atoms with van der Waals surface area (Å²) in [5.74, 6) is -1.23. The molecule has 0 aromatic heterocycles. The third-order valence-electron chi connectivity index (χ3n) is 7.65. The molecule has 1 aliphatic rings. The topological polar surface area (TPSA) is 96.5 Å². The molecule has 3 N–H and O–H groups in total. The van der Waals surface area contributed by atoms with Gasteiger partial charge in [-0.15, -0.1) is 0 Å². The summed E-state index contributed by atoms with van der Waals surface area (Å²) in [6.45, 7) is 1.55. The van der Waals surface area contributed by atoms with Crippen molar-refractivity contribution in [2.45, 2.75) is 37.8 Å². The third-order valence-corrected chi connectivity index (χ3v) is 7.65. The third kappa shape index (κ3) is 6.66. The molecule has 2 atom stereocenters. The molecule has 7 heteroatoms. The standard InChI is InChI=1S/C33H35N3O4/c1-40-33(39)30(21-23-11-13-25-7-3-5-9-28(25)19-23)36-32(38)29(35-31(37)26-14-16-34-17-15-26)20-22-10-12-24-6-2-4-8-27(24)18-22/h2-13,18-19,26,29-30,34H,14-17,20-21H2,1H3,(H,35,37)(H,36,38). The lowest BCUT2D eigenvalue weighted by Gasteiger charge is -2.26. The highest BCUT2D eigenvalue weighted by Crippen LogP contribution is 2.19. The van der Waals surface area contributed by atoms with Gasteiger partial charge in [-0.2, -0.15) is 0 Å². The van der Waals surface area contributed by atoms with E-state index in [2.05, 4.69) is 16.0 Å². The zero-order chi connectivity index (χ0) is 27.9. The van der Waals surface area contributed by atoms with Crippen molar-refractivity contribution in [3.63, 3.8) is 0 Å². The van der Waals surface area contributed by atoms with Gasteiger partial charge in [0.1, 0.15) is 12.1 Å². The predicted molar refractivity (Wildman–Crippen MR) is 157 cm³/mol. The minimum absolute atomic E-state index is 0.133. The number of carbonyl (C=O) groups excluding carboxylic acids is 3. The maximum Gasteiger partial charge on any atom is 0.328 e. The summed E-state index contributed by atoms with van der Waals surface area (Å²) in [5, 5.41) is 13.5. The molecule has 0 aliphatic carbocycles. The summed E-state index contributed by atoms with van der Waals surface area (Å²) in [4.78, 5) is 39.7. The SMILES string of the molecule is COC(=O)C(Cc1ccc2ccccc2c1)NC(=O)C(Cc1ccc2ccccc2c1)NC(=O)C1CCNCC1. The Balaban J connectivity index is 1.37. The Morgan fingerprint density at radius 3 is 1.82 bits per heavy atom. The fourth-order valence-corrected chi connectivity index (χ4v) is 5.39. The number of piperidine rings is 1. The van der Waals surface area contributed by atoms with Crippen LogP contribution < -0.4 is 16.0 Å². The second kappa shape index (κ2) is 12.7. The van der Waals surface area contributed by atoms with Crippen molar-refractivity contribution in [3.8, 4) is 0 Å². The maximum absolute atomic E-state index is 13.7. The van der Waals surface area contributed by atoms with E-state index in [1.165, 1.54) is 7.11 Å². The predicted octanol–water partition coefficient (Wildman–Crippen LogP) is 3.92. The van der Waals surface area contributed by atoms with E-state index in [0.29, 0.717) is 6.42 Å². The number of esters is 1. The number of nitrogens with one attached hydrogen (secondary N) is 3. The number of carbonyl (C=O) groups is 3. The molecule has 7 nitrogen and oxygen atoms in total. The maximum atomic E-state index is 13.7. The number of fused-ring (bicyclic) bond motifs is 2. The second-order valence-corrected chi connectivity index (χ2v) is 10.4. The van der Waals surface area contributed by atoms with Gasteiger partial charge in [0.05, 0.1) is 7.11 Å². The van der Waals surface area contributed by atoms with Crippen LogP contribution in [0.25, 0.3) is 21.5 Å². The van der Waals surface area contributed by atoms with E-state index in [4.69, 9.17) is 4.74 Å². The van der Waals surface area contributed by atoms with Crippen LogP contribution in [0.3, 0.4) is 0 Å². The van der Waals surface area contributed by atoms with Crippen molar-refractivity contribution in [2.24, 2.45) is 5.92 Å². The van der Waals surface area contributed by atoms with Crippen LogP contribution in [0.15, 0.2) is 84.9 Å². The number of hydrogen-bond acceptors (Lipinski definition) is 5. The Kier molecular flexibility index (Phi) is 8.71. The van der Waals surface area contributed by atoms with Crippen LogP contribution in [0.5, 0.6) is 0 Å².